The van der Waals surface area contributed by atoms with Crippen LogP contribution in [0.4, 0.5) is 17.1 Å². The second-order valence-corrected chi connectivity index (χ2v) is 6.18. The summed E-state index contributed by atoms with van der Waals surface area (Å²) in [6.07, 6.45) is 0. The number of anilines is 3. The molecule has 0 atom stereocenters. The van der Waals surface area contributed by atoms with Gasteiger partial charge in [0.2, 0.25) is 5.91 Å². The molecule has 0 fully saturated rings. The van der Waals surface area contributed by atoms with Crippen molar-refractivity contribution < 1.29 is 9.53 Å². The summed E-state index contributed by atoms with van der Waals surface area (Å²) in [6, 6.07) is 22.7. The average molecular weight is 373 g/mol. The molecule has 1 heterocycles. The molecule has 7 nitrogen and oxygen atoms in total. The predicted octanol–water partition coefficient (Wildman–Crippen LogP) is 3.82. The lowest BCUT2D eigenvalue weighted by Crippen LogP contribution is -2.20. The Morgan fingerprint density at radius 2 is 1.68 bits per heavy atom. The number of amides is 1. The number of carbonyl (C=O) groups is 1. The second kappa shape index (κ2) is 7.79. The number of rotatable bonds is 6. The van der Waals surface area contributed by atoms with Crippen LogP contribution in [0.2, 0.25) is 0 Å². The SMILES string of the molecule is COc1ccc(Nc2ccccc2NC(=O)Cn2nnc3ccccc32)cc1. The molecule has 0 aliphatic heterocycles. The number of aromatic nitrogens is 3. The lowest BCUT2D eigenvalue weighted by molar-refractivity contribution is -0.116. The Labute approximate surface area is 161 Å². The first-order valence-electron chi connectivity index (χ1n) is 8.81. The molecule has 3 aromatic carbocycles. The van der Waals surface area contributed by atoms with Crippen LogP contribution in [0.5, 0.6) is 5.75 Å². The van der Waals surface area contributed by atoms with E-state index < -0.39 is 0 Å². The normalized spacial score (nSPS) is 10.6. The molecule has 0 saturated heterocycles. The highest BCUT2D eigenvalue weighted by Crippen LogP contribution is 2.26. The van der Waals surface area contributed by atoms with Crippen LogP contribution in [-0.2, 0) is 11.3 Å². The van der Waals surface area contributed by atoms with Crippen LogP contribution >= 0.6 is 0 Å². The van der Waals surface area contributed by atoms with E-state index in [9.17, 15) is 4.79 Å². The quantitative estimate of drug-likeness (QED) is 0.537. The first kappa shape index (κ1) is 17.5. The maximum absolute atomic E-state index is 12.6. The van der Waals surface area contributed by atoms with Gasteiger partial charge >= 0.3 is 0 Å². The summed E-state index contributed by atoms with van der Waals surface area (Å²) in [5.41, 5.74) is 3.96. The van der Waals surface area contributed by atoms with Gasteiger partial charge in [0.05, 0.1) is 24.0 Å². The van der Waals surface area contributed by atoms with Crippen molar-refractivity contribution in [3.05, 3.63) is 72.8 Å². The van der Waals surface area contributed by atoms with Gasteiger partial charge in [-0.1, -0.05) is 29.5 Å². The molecule has 140 valence electrons. The number of methoxy groups -OCH3 is 1. The van der Waals surface area contributed by atoms with E-state index in [1.165, 1.54) is 0 Å². The molecule has 0 aliphatic carbocycles. The standard InChI is InChI=1S/C21H19N5O2/c1-28-16-12-10-15(11-13-16)22-17-6-2-3-7-18(17)23-21(27)14-26-20-9-5-4-8-19(20)24-25-26/h2-13,22H,14H2,1H3,(H,23,27). The van der Waals surface area contributed by atoms with Crippen LogP contribution in [-0.4, -0.2) is 28.0 Å². The van der Waals surface area contributed by atoms with Gasteiger partial charge in [-0.15, -0.1) is 5.10 Å². The zero-order valence-electron chi connectivity index (χ0n) is 15.3. The van der Waals surface area contributed by atoms with Crippen LogP contribution in [0.25, 0.3) is 11.0 Å². The number of benzene rings is 3. The minimum absolute atomic E-state index is 0.0807. The van der Waals surface area contributed by atoms with Crippen LogP contribution < -0.4 is 15.4 Å². The Morgan fingerprint density at radius 3 is 2.46 bits per heavy atom. The molecule has 4 aromatic rings. The van der Waals surface area contributed by atoms with E-state index >= 15 is 0 Å². The Bertz CT molecular complexity index is 1110. The number of ether oxygens (including phenoxy) is 1. The predicted molar refractivity (Wildman–Crippen MR) is 109 cm³/mol. The Kier molecular flexibility index (Phi) is 4.88. The highest BCUT2D eigenvalue weighted by atomic mass is 16.5. The number of hydrogen-bond donors (Lipinski definition) is 2. The third-order valence-electron chi connectivity index (χ3n) is 4.28. The molecule has 4 rings (SSSR count). The van der Waals surface area contributed by atoms with Crippen molar-refractivity contribution in [1.29, 1.82) is 0 Å². The van der Waals surface area contributed by atoms with E-state index in [1.807, 2.05) is 72.8 Å². The highest BCUT2D eigenvalue weighted by molar-refractivity contribution is 5.95. The van der Waals surface area contributed by atoms with E-state index in [4.69, 9.17) is 4.74 Å². The molecular weight excluding hydrogens is 354 g/mol. The smallest absolute Gasteiger partial charge is 0.246 e. The molecule has 0 radical (unpaired) electrons. The number of carbonyl (C=O) groups excluding carboxylic acids is 1. The number of fused-ring (bicyclic) bond motifs is 1. The van der Waals surface area contributed by atoms with Crippen molar-refractivity contribution in [3.8, 4) is 5.75 Å². The van der Waals surface area contributed by atoms with Crippen LogP contribution in [0.3, 0.4) is 0 Å². The van der Waals surface area contributed by atoms with Gasteiger partial charge in [-0.25, -0.2) is 4.68 Å². The van der Waals surface area contributed by atoms with Gasteiger partial charge in [0.1, 0.15) is 17.8 Å². The monoisotopic (exact) mass is 373 g/mol. The number of nitrogens with zero attached hydrogens (tertiary/aromatic N) is 3. The largest absolute Gasteiger partial charge is 0.497 e. The van der Waals surface area contributed by atoms with Crippen LogP contribution in [0.15, 0.2) is 72.8 Å². The number of para-hydroxylation sites is 3. The van der Waals surface area contributed by atoms with E-state index in [2.05, 4.69) is 20.9 Å². The first-order valence-corrected chi connectivity index (χ1v) is 8.81. The third-order valence-corrected chi connectivity index (χ3v) is 4.28. The van der Waals surface area contributed by atoms with Gasteiger partial charge in [-0.3, -0.25) is 4.79 Å². The minimum atomic E-state index is -0.181. The van der Waals surface area contributed by atoms with E-state index in [0.29, 0.717) is 5.69 Å². The molecule has 0 saturated carbocycles. The minimum Gasteiger partial charge on any atom is -0.497 e. The Morgan fingerprint density at radius 1 is 0.964 bits per heavy atom. The van der Waals surface area contributed by atoms with Gasteiger partial charge in [-0.05, 0) is 48.5 Å². The first-order chi connectivity index (χ1) is 13.7. The summed E-state index contributed by atoms with van der Waals surface area (Å²) in [5, 5.41) is 14.4. The average Bonchev–Trinajstić information content (AvgIpc) is 3.13. The Hall–Kier alpha value is -3.87. The van der Waals surface area contributed by atoms with Gasteiger partial charge in [0, 0.05) is 5.69 Å². The summed E-state index contributed by atoms with van der Waals surface area (Å²) in [7, 11) is 1.63. The molecule has 0 aliphatic rings. The molecule has 1 amide bonds. The lowest BCUT2D eigenvalue weighted by atomic mass is 10.2. The van der Waals surface area contributed by atoms with E-state index in [0.717, 1.165) is 28.2 Å². The van der Waals surface area contributed by atoms with Crippen LogP contribution in [0, 0.1) is 0 Å². The Balaban J connectivity index is 1.49. The van der Waals surface area contributed by atoms with Crippen molar-refractivity contribution in [2.24, 2.45) is 0 Å². The third kappa shape index (κ3) is 3.78. The van der Waals surface area contributed by atoms with Crippen molar-refractivity contribution in [2.75, 3.05) is 17.7 Å². The maximum Gasteiger partial charge on any atom is 0.246 e. The van der Waals surface area contributed by atoms with E-state index in [-0.39, 0.29) is 12.5 Å². The van der Waals surface area contributed by atoms with Crippen molar-refractivity contribution in [1.82, 2.24) is 15.0 Å². The zero-order valence-corrected chi connectivity index (χ0v) is 15.3. The molecule has 0 spiro atoms. The number of hydrogen-bond acceptors (Lipinski definition) is 5. The summed E-state index contributed by atoms with van der Waals surface area (Å²) in [6.45, 7) is 0.0807. The molecule has 0 unspecified atom stereocenters. The van der Waals surface area contributed by atoms with Gasteiger partial charge in [0.25, 0.3) is 0 Å². The highest BCUT2D eigenvalue weighted by Gasteiger charge is 2.11. The fourth-order valence-corrected chi connectivity index (χ4v) is 2.89. The molecule has 1 aromatic heterocycles. The zero-order chi connectivity index (χ0) is 19.3. The van der Waals surface area contributed by atoms with Crippen molar-refractivity contribution in [2.45, 2.75) is 6.54 Å². The number of nitrogens with one attached hydrogen (secondary N) is 2. The molecular formula is C21H19N5O2. The topological polar surface area (TPSA) is 81.1 Å². The molecule has 0 bridgehead atoms. The summed E-state index contributed by atoms with van der Waals surface area (Å²) in [4.78, 5) is 12.6. The molecule has 7 heteroatoms. The molecule has 28 heavy (non-hydrogen) atoms. The summed E-state index contributed by atoms with van der Waals surface area (Å²) in [5.74, 6) is 0.604. The fraction of sp³-hybridized carbons (Fsp3) is 0.0952. The lowest BCUT2D eigenvalue weighted by Gasteiger charge is -2.13. The van der Waals surface area contributed by atoms with Crippen LogP contribution in [0.1, 0.15) is 0 Å². The van der Waals surface area contributed by atoms with Crippen molar-refractivity contribution >= 4 is 34.0 Å². The van der Waals surface area contributed by atoms with Gasteiger partial charge in [-0.2, -0.15) is 0 Å². The van der Waals surface area contributed by atoms with Gasteiger partial charge in [0.15, 0.2) is 0 Å². The fourth-order valence-electron chi connectivity index (χ4n) is 2.89. The second-order valence-electron chi connectivity index (χ2n) is 6.18. The maximum atomic E-state index is 12.6. The van der Waals surface area contributed by atoms with Crippen molar-refractivity contribution in [3.63, 3.8) is 0 Å². The molecule has 2 N–H and O–H groups in total. The summed E-state index contributed by atoms with van der Waals surface area (Å²) >= 11 is 0. The summed E-state index contributed by atoms with van der Waals surface area (Å²) < 4.78 is 6.77. The van der Waals surface area contributed by atoms with Gasteiger partial charge < -0.3 is 15.4 Å². The van der Waals surface area contributed by atoms with E-state index in [1.54, 1.807) is 11.8 Å².